The molecule has 5 heteroatoms. The van der Waals surface area contributed by atoms with E-state index in [9.17, 15) is 0 Å². The van der Waals surface area contributed by atoms with Gasteiger partial charge in [-0.15, -0.1) is 0 Å². The maximum absolute atomic E-state index is 5.82. The minimum absolute atomic E-state index is 0.581. The van der Waals surface area contributed by atoms with Crippen molar-refractivity contribution in [3.05, 3.63) is 91.3 Å². The lowest BCUT2D eigenvalue weighted by Gasteiger charge is -2.12. The van der Waals surface area contributed by atoms with Gasteiger partial charge in [-0.25, -0.2) is 0 Å². The number of hydrogen-bond acceptors (Lipinski definition) is 2. The number of ether oxygens (including phenoxy) is 1. The first-order chi connectivity index (χ1) is 12.1. The molecule has 0 radical (unpaired) electrons. The number of hydrogen-bond donors (Lipinski definition) is 1. The summed E-state index contributed by atoms with van der Waals surface area (Å²) < 4.78 is 8.87. The number of anilines is 1. The van der Waals surface area contributed by atoms with Crippen LogP contribution >= 0.6 is 47.8 Å². The van der Waals surface area contributed by atoms with Crippen molar-refractivity contribution in [1.29, 1.82) is 0 Å². The van der Waals surface area contributed by atoms with Crippen LogP contribution in [-0.4, -0.2) is 0 Å². The number of rotatable bonds is 6. The number of nitrogens with one attached hydrogen (secondary N) is 1. The van der Waals surface area contributed by atoms with Gasteiger partial charge in [-0.2, -0.15) is 0 Å². The van der Waals surface area contributed by atoms with E-state index in [0.717, 1.165) is 37.0 Å². The highest BCUT2D eigenvalue weighted by Crippen LogP contribution is 2.34. The normalized spacial score (nSPS) is 10.5. The van der Waals surface area contributed by atoms with Crippen LogP contribution in [0.25, 0.3) is 0 Å². The van der Waals surface area contributed by atoms with Crippen molar-refractivity contribution >= 4 is 53.5 Å². The Bertz CT molecular complexity index is 812. The molecular formula is C20H16Br3NO. The van der Waals surface area contributed by atoms with Crippen molar-refractivity contribution in [1.82, 2.24) is 0 Å². The van der Waals surface area contributed by atoms with Crippen LogP contribution in [0.3, 0.4) is 0 Å². The lowest BCUT2D eigenvalue weighted by molar-refractivity contribution is 0.306. The van der Waals surface area contributed by atoms with Crippen molar-refractivity contribution in [2.24, 2.45) is 0 Å². The lowest BCUT2D eigenvalue weighted by atomic mass is 10.2. The zero-order valence-electron chi connectivity index (χ0n) is 13.3. The standard InChI is InChI=1S/C20H16Br3NO/c21-16-10-18(22)20(19(23)11-16)24-12-14-6-8-17(9-7-14)25-13-15-4-2-1-3-5-15/h1-11,24H,12-13H2. The Hall–Kier alpha value is -1.30. The highest BCUT2D eigenvalue weighted by Gasteiger charge is 2.06. The van der Waals surface area contributed by atoms with Gasteiger partial charge in [-0.3, -0.25) is 0 Å². The van der Waals surface area contributed by atoms with E-state index in [-0.39, 0.29) is 0 Å². The van der Waals surface area contributed by atoms with E-state index in [1.165, 1.54) is 5.56 Å². The van der Waals surface area contributed by atoms with Gasteiger partial charge in [0.2, 0.25) is 0 Å². The zero-order valence-corrected chi connectivity index (χ0v) is 18.1. The third-order valence-corrected chi connectivity index (χ3v) is 5.36. The van der Waals surface area contributed by atoms with Gasteiger partial charge in [0, 0.05) is 20.0 Å². The summed E-state index contributed by atoms with van der Waals surface area (Å²) in [7, 11) is 0. The van der Waals surface area contributed by atoms with E-state index in [1.54, 1.807) is 0 Å². The van der Waals surface area contributed by atoms with Crippen LogP contribution in [-0.2, 0) is 13.2 Å². The molecule has 0 aliphatic carbocycles. The van der Waals surface area contributed by atoms with Crippen molar-refractivity contribution in [3.63, 3.8) is 0 Å². The van der Waals surface area contributed by atoms with Crippen LogP contribution in [0.4, 0.5) is 5.69 Å². The molecule has 2 nitrogen and oxygen atoms in total. The molecule has 0 heterocycles. The lowest BCUT2D eigenvalue weighted by Crippen LogP contribution is -2.01. The smallest absolute Gasteiger partial charge is 0.119 e. The van der Waals surface area contributed by atoms with Crippen LogP contribution in [0, 0.1) is 0 Å². The predicted molar refractivity (Wildman–Crippen MR) is 114 cm³/mol. The minimum atomic E-state index is 0.581. The quantitative estimate of drug-likeness (QED) is 0.368. The molecule has 0 aromatic heterocycles. The fourth-order valence-electron chi connectivity index (χ4n) is 2.35. The number of halogens is 3. The molecule has 0 saturated carbocycles. The second-order valence-corrected chi connectivity index (χ2v) is 8.14. The van der Waals surface area contributed by atoms with Gasteiger partial charge < -0.3 is 10.1 Å². The maximum Gasteiger partial charge on any atom is 0.119 e. The van der Waals surface area contributed by atoms with E-state index >= 15 is 0 Å². The molecule has 0 aliphatic rings. The molecule has 0 fully saturated rings. The number of benzene rings is 3. The first-order valence-corrected chi connectivity index (χ1v) is 10.1. The zero-order chi connectivity index (χ0) is 17.6. The summed E-state index contributed by atoms with van der Waals surface area (Å²) in [6.07, 6.45) is 0. The van der Waals surface area contributed by atoms with Gasteiger partial charge in [0.05, 0.1) is 5.69 Å². The Balaban J connectivity index is 1.58. The second kappa shape index (κ2) is 8.88. The summed E-state index contributed by atoms with van der Waals surface area (Å²) in [4.78, 5) is 0. The largest absolute Gasteiger partial charge is 0.489 e. The van der Waals surface area contributed by atoms with Crippen molar-refractivity contribution in [2.45, 2.75) is 13.2 Å². The monoisotopic (exact) mass is 523 g/mol. The van der Waals surface area contributed by atoms with Gasteiger partial charge >= 0.3 is 0 Å². The Morgan fingerprint density at radius 1 is 0.760 bits per heavy atom. The summed E-state index contributed by atoms with van der Waals surface area (Å²) in [5.74, 6) is 0.874. The topological polar surface area (TPSA) is 21.3 Å². The summed E-state index contributed by atoms with van der Waals surface area (Å²) in [6, 6.07) is 22.4. The van der Waals surface area contributed by atoms with E-state index in [4.69, 9.17) is 4.74 Å². The van der Waals surface area contributed by atoms with E-state index in [0.29, 0.717) is 6.61 Å². The Labute approximate surface area is 173 Å². The Morgan fingerprint density at radius 2 is 1.40 bits per heavy atom. The fraction of sp³-hybridized carbons (Fsp3) is 0.100. The van der Waals surface area contributed by atoms with Crippen LogP contribution in [0.5, 0.6) is 5.75 Å². The van der Waals surface area contributed by atoms with E-state index < -0.39 is 0 Å². The van der Waals surface area contributed by atoms with Crippen LogP contribution in [0.2, 0.25) is 0 Å². The summed E-state index contributed by atoms with van der Waals surface area (Å²) in [6.45, 7) is 1.31. The average Bonchev–Trinajstić information content (AvgIpc) is 2.61. The molecule has 0 bridgehead atoms. The van der Waals surface area contributed by atoms with Gasteiger partial charge in [-0.1, -0.05) is 58.4 Å². The van der Waals surface area contributed by atoms with Crippen LogP contribution in [0.15, 0.2) is 80.1 Å². The van der Waals surface area contributed by atoms with Crippen molar-refractivity contribution in [2.75, 3.05) is 5.32 Å². The maximum atomic E-state index is 5.82. The molecule has 25 heavy (non-hydrogen) atoms. The molecule has 0 atom stereocenters. The molecule has 0 saturated heterocycles. The summed E-state index contributed by atoms with van der Waals surface area (Å²) >= 11 is 10.6. The van der Waals surface area contributed by atoms with Gasteiger partial charge in [0.15, 0.2) is 0 Å². The summed E-state index contributed by atoms with van der Waals surface area (Å²) in [5.41, 5.74) is 3.39. The predicted octanol–water partition coefficient (Wildman–Crippen LogP) is 7.17. The molecule has 0 aliphatic heterocycles. The van der Waals surface area contributed by atoms with Gasteiger partial charge in [0.1, 0.15) is 12.4 Å². The molecule has 1 N–H and O–H groups in total. The minimum Gasteiger partial charge on any atom is -0.489 e. The molecular weight excluding hydrogens is 510 g/mol. The third-order valence-electron chi connectivity index (χ3n) is 3.65. The van der Waals surface area contributed by atoms with Crippen LogP contribution < -0.4 is 10.1 Å². The molecule has 3 aromatic carbocycles. The van der Waals surface area contributed by atoms with Crippen molar-refractivity contribution in [3.8, 4) is 5.75 Å². The average molecular weight is 526 g/mol. The SMILES string of the molecule is Brc1cc(Br)c(NCc2ccc(OCc3ccccc3)cc2)c(Br)c1. The molecule has 0 spiro atoms. The summed E-state index contributed by atoms with van der Waals surface area (Å²) in [5, 5.41) is 3.45. The molecule has 0 unspecified atom stereocenters. The van der Waals surface area contributed by atoms with Gasteiger partial charge in [0.25, 0.3) is 0 Å². The van der Waals surface area contributed by atoms with Crippen LogP contribution in [0.1, 0.15) is 11.1 Å². The first kappa shape index (κ1) is 18.5. The Kier molecular flexibility index (Phi) is 6.57. The highest BCUT2D eigenvalue weighted by molar-refractivity contribution is 9.11. The van der Waals surface area contributed by atoms with E-state index in [2.05, 4.69) is 77.4 Å². The second-order valence-electron chi connectivity index (χ2n) is 5.52. The van der Waals surface area contributed by atoms with Gasteiger partial charge in [-0.05, 0) is 67.3 Å². The highest BCUT2D eigenvalue weighted by atomic mass is 79.9. The van der Waals surface area contributed by atoms with E-state index in [1.807, 2.05) is 42.5 Å². The first-order valence-electron chi connectivity index (χ1n) is 7.76. The third kappa shape index (κ3) is 5.33. The molecule has 128 valence electrons. The van der Waals surface area contributed by atoms with Crippen molar-refractivity contribution < 1.29 is 4.74 Å². The Morgan fingerprint density at radius 3 is 2.04 bits per heavy atom. The molecule has 3 aromatic rings. The fourth-order valence-corrected chi connectivity index (χ4v) is 4.89. The molecule has 0 amide bonds. The molecule has 3 rings (SSSR count).